The van der Waals surface area contributed by atoms with Crippen LogP contribution in [0.2, 0.25) is 5.02 Å². The third-order valence-corrected chi connectivity index (χ3v) is 3.87. The van der Waals surface area contributed by atoms with Crippen LogP contribution in [0.15, 0.2) is 42.6 Å². The zero-order valence-electron chi connectivity index (χ0n) is 12.1. The lowest BCUT2D eigenvalue weighted by atomic mass is 10.1. The summed E-state index contributed by atoms with van der Waals surface area (Å²) in [7, 11) is 1.76. The SMILES string of the molecule is CC(c1ccccc1Cl)N(C)C(=O)c1ccnc(CN)c1. The number of hydrogen-bond donors (Lipinski definition) is 1. The van der Waals surface area contributed by atoms with Gasteiger partial charge in [-0.1, -0.05) is 29.8 Å². The molecule has 21 heavy (non-hydrogen) atoms. The molecular formula is C16H18ClN3O. The van der Waals surface area contributed by atoms with Crippen molar-refractivity contribution in [2.45, 2.75) is 19.5 Å². The van der Waals surface area contributed by atoms with Crippen LogP contribution < -0.4 is 5.73 Å². The largest absolute Gasteiger partial charge is 0.335 e. The molecule has 0 radical (unpaired) electrons. The summed E-state index contributed by atoms with van der Waals surface area (Å²) in [4.78, 5) is 18.3. The van der Waals surface area contributed by atoms with E-state index in [9.17, 15) is 4.79 Å². The molecule has 1 amide bonds. The molecule has 4 nitrogen and oxygen atoms in total. The van der Waals surface area contributed by atoms with Gasteiger partial charge in [0.05, 0.1) is 11.7 Å². The van der Waals surface area contributed by atoms with Gasteiger partial charge in [-0.15, -0.1) is 0 Å². The van der Waals surface area contributed by atoms with Crippen LogP contribution in [0.25, 0.3) is 0 Å². The molecule has 0 fully saturated rings. The summed E-state index contributed by atoms with van der Waals surface area (Å²) < 4.78 is 0. The third kappa shape index (κ3) is 3.40. The minimum atomic E-state index is -0.124. The van der Waals surface area contributed by atoms with Crippen molar-refractivity contribution >= 4 is 17.5 Å². The maximum atomic E-state index is 12.6. The van der Waals surface area contributed by atoms with E-state index in [2.05, 4.69) is 4.98 Å². The number of hydrogen-bond acceptors (Lipinski definition) is 3. The van der Waals surface area contributed by atoms with E-state index >= 15 is 0 Å². The number of nitrogens with two attached hydrogens (primary N) is 1. The zero-order chi connectivity index (χ0) is 15.4. The first-order chi connectivity index (χ1) is 10.0. The molecule has 110 valence electrons. The van der Waals surface area contributed by atoms with Crippen LogP contribution in [0, 0.1) is 0 Å². The highest BCUT2D eigenvalue weighted by molar-refractivity contribution is 6.31. The number of carbonyl (C=O) groups excluding carboxylic acids is 1. The van der Waals surface area contributed by atoms with Crippen LogP contribution in [0.3, 0.4) is 0 Å². The number of pyridine rings is 1. The van der Waals surface area contributed by atoms with E-state index in [4.69, 9.17) is 17.3 Å². The van der Waals surface area contributed by atoms with Crippen molar-refractivity contribution in [3.63, 3.8) is 0 Å². The predicted octanol–water partition coefficient (Wildman–Crippen LogP) is 3.03. The van der Waals surface area contributed by atoms with Crippen LogP contribution >= 0.6 is 11.6 Å². The fourth-order valence-corrected chi connectivity index (χ4v) is 2.42. The van der Waals surface area contributed by atoms with E-state index in [0.29, 0.717) is 22.8 Å². The van der Waals surface area contributed by atoms with Crippen molar-refractivity contribution in [2.75, 3.05) is 7.05 Å². The monoisotopic (exact) mass is 303 g/mol. The summed E-state index contributed by atoms with van der Waals surface area (Å²) in [6.07, 6.45) is 1.60. The molecule has 0 saturated heterocycles. The highest BCUT2D eigenvalue weighted by Gasteiger charge is 2.20. The van der Waals surface area contributed by atoms with Crippen LogP contribution in [0.5, 0.6) is 0 Å². The second-order valence-corrected chi connectivity index (χ2v) is 5.26. The maximum Gasteiger partial charge on any atom is 0.254 e. The third-order valence-electron chi connectivity index (χ3n) is 3.53. The van der Waals surface area contributed by atoms with Crippen LogP contribution in [0.1, 0.15) is 34.6 Å². The van der Waals surface area contributed by atoms with Crippen molar-refractivity contribution in [1.29, 1.82) is 0 Å². The molecule has 0 aliphatic heterocycles. The van der Waals surface area contributed by atoms with E-state index in [1.165, 1.54) is 0 Å². The molecule has 0 spiro atoms. The highest BCUT2D eigenvalue weighted by Crippen LogP contribution is 2.27. The average molecular weight is 304 g/mol. The molecule has 1 aromatic heterocycles. The second kappa shape index (κ2) is 6.70. The number of nitrogens with zero attached hydrogens (tertiary/aromatic N) is 2. The normalized spacial score (nSPS) is 12.0. The highest BCUT2D eigenvalue weighted by atomic mass is 35.5. The quantitative estimate of drug-likeness (QED) is 0.944. The van der Waals surface area contributed by atoms with Crippen molar-refractivity contribution in [3.05, 3.63) is 64.4 Å². The molecule has 0 aliphatic carbocycles. The standard InChI is InChI=1S/C16H18ClN3O/c1-11(14-5-3-4-6-15(14)17)20(2)16(21)12-7-8-19-13(9-12)10-18/h3-9,11H,10,18H2,1-2H3. The van der Waals surface area contributed by atoms with Gasteiger partial charge in [0.2, 0.25) is 0 Å². The minimum Gasteiger partial charge on any atom is -0.335 e. The molecule has 0 saturated carbocycles. The number of amides is 1. The topological polar surface area (TPSA) is 59.2 Å². The van der Waals surface area contributed by atoms with Crippen molar-refractivity contribution < 1.29 is 4.79 Å². The van der Waals surface area contributed by atoms with Gasteiger partial charge in [0, 0.05) is 30.4 Å². The van der Waals surface area contributed by atoms with E-state index < -0.39 is 0 Å². The molecule has 1 unspecified atom stereocenters. The first-order valence-corrected chi connectivity index (χ1v) is 7.09. The van der Waals surface area contributed by atoms with Crippen molar-refractivity contribution in [3.8, 4) is 0 Å². The molecule has 2 N–H and O–H groups in total. The molecule has 1 heterocycles. The smallest absolute Gasteiger partial charge is 0.254 e. The molecular weight excluding hydrogens is 286 g/mol. The van der Waals surface area contributed by atoms with Crippen molar-refractivity contribution in [1.82, 2.24) is 9.88 Å². The summed E-state index contributed by atoms with van der Waals surface area (Å²) in [5, 5.41) is 0.655. The molecule has 5 heteroatoms. The lowest BCUT2D eigenvalue weighted by Crippen LogP contribution is -2.30. The Hall–Kier alpha value is -1.91. The summed E-state index contributed by atoms with van der Waals surface area (Å²) in [5.41, 5.74) is 7.75. The van der Waals surface area contributed by atoms with Crippen LogP contribution in [-0.2, 0) is 6.54 Å². The van der Waals surface area contributed by atoms with Gasteiger partial charge in [0.25, 0.3) is 5.91 Å². The number of carbonyl (C=O) groups is 1. The summed E-state index contributed by atoms with van der Waals surface area (Å²) >= 11 is 6.20. The van der Waals surface area contributed by atoms with Gasteiger partial charge in [-0.2, -0.15) is 0 Å². The van der Waals surface area contributed by atoms with E-state index in [1.54, 1.807) is 30.3 Å². The Morgan fingerprint density at radius 1 is 1.38 bits per heavy atom. The number of halogens is 1. The second-order valence-electron chi connectivity index (χ2n) is 4.85. The summed E-state index contributed by atoms with van der Waals surface area (Å²) in [5.74, 6) is -0.0838. The lowest BCUT2D eigenvalue weighted by molar-refractivity contribution is 0.0742. The molecule has 1 aromatic carbocycles. The van der Waals surface area contributed by atoms with Gasteiger partial charge in [-0.05, 0) is 30.7 Å². The van der Waals surface area contributed by atoms with Gasteiger partial charge >= 0.3 is 0 Å². The molecule has 0 aliphatic rings. The molecule has 2 aromatic rings. The van der Waals surface area contributed by atoms with Crippen LogP contribution in [0.4, 0.5) is 0 Å². The molecule has 0 bridgehead atoms. The fourth-order valence-electron chi connectivity index (χ4n) is 2.12. The van der Waals surface area contributed by atoms with Gasteiger partial charge < -0.3 is 10.6 Å². The Kier molecular flexibility index (Phi) is 4.94. The Morgan fingerprint density at radius 2 is 2.10 bits per heavy atom. The Labute approximate surface area is 129 Å². The summed E-state index contributed by atoms with van der Waals surface area (Å²) in [6.45, 7) is 2.26. The maximum absolute atomic E-state index is 12.6. The van der Waals surface area contributed by atoms with E-state index in [1.807, 2.05) is 31.2 Å². The molecule has 2 rings (SSSR count). The van der Waals surface area contributed by atoms with Gasteiger partial charge in [-0.3, -0.25) is 9.78 Å². The fraction of sp³-hybridized carbons (Fsp3) is 0.250. The lowest BCUT2D eigenvalue weighted by Gasteiger charge is -2.26. The van der Waals surface area contributed by atoms with E-state index in [-0.39, 0.29) is 11.9 Å². The Morgan fingerprint density at radius 3 is 2.76 bits per heavy atom. The van der Waals surface area contributed by atoms with Gasteiger partial charge in [0.15, 0.2) is 0 Å². The van der Waals surface area contributed by atoms with Crippen LogP contribution in [-0.4, -0.2) is 22.8 Å². The average Bonchev–Trinajstić information content (AvgIpc) is 2.53. The first kappa shape index (κ1) is 15.5. The van der Waals surface area contributed by atoms with Gasteiger partial charge in [-0.25, -0.2) is 0 Å². The number of benzene rings is 1. The van der Waals surface area contributed by atoms with Crippen molar-refractivity contribution in [2.24, 2.45) is 5.73 Å². The zero-order valence-corrected chi connectivity index (χ0v) is 12.8. The van der Waals surface area contributed by atoms with Gasteiger partial charge in [0.1, 0.15) is 0 Å². The summed E-state index contributed by atoms with van der Waals surface area (Å²) in [6, 6.07) is 10.8. The molecule has 1 atom stereocenters. The predicted molar refractivity (Wildman–Crippen MR) is 84.1 cm³/mol. The minimum absolute atomic E-state index is 0.0838. The number of rotatable bonds is 4. The van der Waals surface area contributed by atoms with E-state index in [0.717, 1.165) is 5.56 Å². The first-order valence-electron chi connectivity index (χ1n) is 6.71. The Balaban J connectivity index is 2.24. The Bertz CT molecular complexity index is 645. The number of aromatic nitrogens is 1.